The van der Waals surface area contributed by atoms with Crippen LogP contribution in [0.5, 0.6) is 0 Å². The van der Waals surface area contributed by atoms with Crippen LogP contribution in [0.2, 0.25) is 0 Å². The molecule has 1 fully saturated rings. The number of fused-ring (bicyclic) bond motifs is 1. The smallest absolute Gasteiger partial charge is 0.181 e. The van der Waals surface area contributed by atoms with Crippen LogP contribution in [0.4, 0.5) is 19.0 Å². The molecule has 0 radical (unpaired) electrons. The van der Waals surface area contributed by atoms with Crippen molar-refractivity contribution in [3.63, 3.8) is 0 Å². The predicted octanol–water partition coefficient (Wildman–Crippen LogP) is 4.36. The molecule has 0 bridgehead atoms. The molecule has 1 aliphatic rings. The van der Waals surface area contributed by atoms with E-state index in [0.29, 0.717) is 53.2 Å². The number of piperidine rings is 1. The lowest BCUT2D eigenvalue weighted by Crippen LogP contribution is -2.35. The molecule has 0 amide bonds. The minimum atomic E-state index is -1.40. The maximum absolute atomic E-state index is 14.2. The average molecular weight is 527 g/mol. The number of aliphatic hydroxyl groups is 2. The summed E-state index contributed by atoms with van der Waals surface area (Å²) in [6.07, 6.45) is 5.43. The molecule has 0 aliphatic carbocycles. The number of hydrogen-bond donors (Lipinski definition) is 2. The Hall–Kier alpha value is -3.57. The van der Waals surface area contributed by atoms with Gasteiger partial charge >= 0.3 is 0 Å². The van der Waals surface area contributed by atoms with E-state index in [2.05, 4.69) is 15.0 Å². The molecule has 11 heteroatoms. The molecule has 5 rings (SSSR count). The Kier molecular flexibility index (Phi) is 7.06. The lowest BCUT2D eigenvalue weighted by molar-refractivity contribution is -0.0516. The van der Waals surface area contributed by atoms with E-state index < -0.39 is 30.1 Å². The van der Waals surface area contributed by atoms with E-state index in [1.165, 1.54) is 38.4 Å². The third kappa shape index (κ3) is 5.34. The Morgan fingerprint density at radius 1 is 1.08 bits per heavy atom. The molecule has 3 aromatic heterocycles. The molecule has 2 N–H and O–H groups in total. The van der Waals surface area contributed by atoms with Gasteiger partial charge in [-0.25, -0.2) is 27.8 Å². The minimum absolute atomic E-state index is 0.227. The molecule has 1 aliphatic heterocycles. The molecule has 1 aromatic carbocycles. The molecule has 0 saturated carbocycles. The largest absolute Gasteiger partial charge is 0.387 e. The molecular weight excluding hydrogens is 497 g/mol. The van der Waals surface area contributed by atoms with Gasteiger partial charge in [-0.15, -0.1) is 0 Å². The van der Waals surface area contributed by atoms with Crippen molar-refractivity contribution in [2.75, 3.05) is 18.0 Å². The number of hydrogen-bond acceptors (Lipinski definition) is 7. The van der Waals surface area contributed by atoms with Gasteiger partial charge < -0.3 is 15.1 Å². The van der Waals surface area contributed by atoms with E-state index in [9.17, 15) is 23.4 Å². The first-order valence-electron chi connectivity index (χ1n) is 12.5. The number of benzene rings is 1. The van der Waals surface area contributed by atoms with Crippen LogP contribution >= 0.6 is 0 Å². The second-order valence-corrected chi connectivity index (χ2v) is 10.3. The van der Waals surface area contributed by atoms with E-state index in [4.69, 9.17) is 9.97 Å². The Morgan fingerprint density at radius 2 is 1.84 bits per heavy atom. The highest BCUT2D eigenvalue weighted by Crippen LogP contribution is 2.34. The van der Waals surface area contributed by atoms with Gasteiger partial charge in [-0.05, 0) is 56.7 Å². The van der Waals surface area contributed by atoms with E-state index >= 15 is 0 Å². The van der Waals surface area contributed by atoms with Crippen molar-refractivity contribution in [2.24, 2.45) is 5.92 Å². The first-order valence-corrected chi connectivity index (χ1v) is 12.5. The van der Waals surface area contributed by atoms with Crippen LogP contribution in [0.25, 0.3) is 22.3 Å². The van der Waals surface area contributed by atoms with Crippen molar-refractivity contribution in [1.29, 1.82) is 0 Å². The predicted molar refractivity (Wildman–Crippen MR) is 136 cm³/mol. The fraction of sp³-hybridized carbons (Fsp3) is 0.407. The van der Waals surface area contributed by atoms with Crippen LogP contribution in [0.1, 0.15) is 44.1 Å². The number of aliphatic hydroxyl groups excluding tert-OH is 1. The highest BCUT2D eigenvalue weighted by atomic mass is 19.1. The summed E-state index contributed by atoms with van der Waals surface area (Å²) in [4.78, 5) is 16.0. The molecular formula is C27H29F3N6O2. The number of halogens is 3. The molecule has 1 saturated heterocycles. The van der Waals surface area contributed by atoms with Crippen molar-refractivity contribution >= 4 is 16.9 Å². The zero-order valence-corrected chi connectivity index (χ0v) is 21.2. The number of alkyl halides is 1. The van der Waals surface area contributed by atoms with Crippen molar-refractivity contribution in [3.8, 4) is 11.3 Å². The van der Waals surface area contributed by atoms with Crippen molar-refractivity contribution in [2.45, 2.75) is 51.6 Å². The quantitative estimate of drug-likeness (QED) is 0.369. The highest BCUT2D eigenvalue weighted by Gasteiger charge is 2.29. The molecule has 38 heavy (non-hydrogen) atoms. The minimum Gasteiger partial charge on any atom is -0.387 e. The fourth-order valence-corrected chi connectivity index (χ4v) is 4.79. The van der Waals surface area contributed by atoms with Crippen molar-refractivity contribution in [3.05, 3.63) is 65.7 Å². The fourth-order valence-electron chi connectivity index (χ4n) is 4.79. The van der Waals surface area contributed by atoms with Crippen LogP contribution in [0.3, 0.4) is 0 Å². The summed E-state index contributed by atoms with van der Waals surface area (Å²) in [5, 5.41) is 24.7. The average Bonchev–Trinajstić information content (AvgIpc) is 3.38. The van der Waals surface area contributed by atoms with Gasteiger partial charge in [-0.2, -0.15) is 5.10 Å². The third-order valence-electron chi connectivity index (χ3n) is 6.97. The van der Waals surface area contributed by atoms with Gasteiger partial charge in [0, 0.05) is 30.9 Å². The van der Waals surface area contributed by atoms with E-state index in [-0.39, 0.29) is 11.6 Å². The maximum Gasteiger partial charge on any atom is 0.181 e. The molecule has 200 valence electrons. The number of aromatic nitrogens is 5. The number of anilines is 1. The summed E-state index contributed by atoms with van der Waals surface area (Å²) < 4.78 is 41.8. The van der Waals surface area contributed by atoms with Gasteiger partial charge in [0.15, 0.2) is 12.6 Å². The zero-order valence-electron chi connectivity index (χ0n) is 21.2. The standard InChI is InChI=1S/C27H29F3N6O2/c1-27(2,38)25(37)22-11-21-23(13-31-22)34-26(24(33-21)18-12-32-36(14-18)15-28)35-7-5-16(6-8-35)9-17-3-4-19(29)10-20(17)30/h3-4,10-14,16,25,37-38H,5-9,15H2,1-2H3/t25-/m0/s1. The van der Waals surface area contributed by atoms with Gasteiger partial charge in [0.05, 0.1) is 29.2 Å². The molecule has 4 heterocycles. The normalized spacial score (nSPS) is 15.8. The lowest BCUT2D eigenvalue weighted by Gasteiger charge is -2.33. The second kappa shape index (κ2) is 10.3. The molecule has 8 nitrogen and oxygen atoms in total. The first-order chi connectivity index (χ1) is 18.1. The molecule has 4 aromatic rings. The summed E-state index contributed by atoms with van der Waals surface area (Å²) in [6, 6.07) is 5.28. The van der Waals surface area contributed by atoms with Crippen LogP contribution < -0.4 is 4.90 Å². The first kappa shape index (κ1) is 26.1. The summed E-state index contributed by atoms with van der Waals surface area (Å²) in [5.74, 6) is -0.290. The van der Waals surface area contributed by atoms with Gasteiger partial charge in [0.2, 0.25) is 0 Å². The van der Waals surface area contributed by atoms with Crippen LogP contribution in [0.15, 0.2) is 42.9 Å². The topological polar surface area (TPSA) is 100 Å². The lowest BCUT2D eigenvalue weighted by atomic mass is 9.90. The summed E-state index contributed by atoms with van der Waals surface area (Å²) >= 11 is 0. The zero-order chi connectivity index (χ0) is 27.0. The summed E-state index contributed by atoms with van der Waals surface area (Å²) in [5.41, 5.74) is 1.42. The van der Waals surface area contributed by atoms with Gasteiger partial charge in [0.1, 0.15) is 28.9 Å². The summed E-state index contributed by atoms with van der Waals surface area (Å²) in [7, 11) is 0. The Balaban J connectivity index is 1.45. The van der Waals surface area contributed by atoms with Gasteiger partial charge in [-0.1, -0.05) is 6.07 Å². The van der Waals surface area contributed by atoms with E-state index in [1.807, 2.05) is 0 Å². The van der Waals surface area contributed by atoms with Gasteiger partial charge in [0.25, 0.3) is 0 Å². The van der Waals surface area contributed by atoms with Crippen molar-refractivity contribution in [1.82, 2.24) is 24.7 Å². The highest BCUT2D eigenvalue weighted by molar-refractivity contribution is 5.83. The Bertz CT molecular complexity index is 1450. The SMILES string of the molecule is CC(C)(O)[C@@H](O)c1cc2nc(-c3cnn(CF)c3)c(N3CCC(Cc4ccc(F)cc4F)CC3)nc2cn1. The number of rotatable bonds is 7. The van der Waals surface area contributed by atoms with E-state index in [0.717, 1.165) is 23.6 Å². The van der Waals surface area contributed by atoms with Crippen LogP contribution in [0, 0.1) is 17.6 Å². The number of nitrogens with zero attached hydrogens (tertiary/aromatic N) is 6. The third-order valence-corrected chi connectivity index (χ3v) is 6.97. The second-order valence-electron chi connectivity index (χ2n) is 10.3. The maximum atomic E-state index is 14.2. The molecule has 0 unspecified atom stereocenters. The summed E-state index contributed by atoms with van der Waals surface area (Å²) in [6.45, 7) is 3.47. The monoisotopic (exact) mass is 526 g/mol. The molecule has 0 spiro atoms. The van der Waals surface area contributed by atoms with Gasteiger partial charge in [-0.3, -0.25) is 4.98 Å². The Labute approximate surface area is 217 Å². The number of pyridine rings is 1. The van der Waals surface area contributed by atoms with E-state index in [1.54, 1.807) is 12.3 Å². The van der Waals surface area contributed by atoms with Crippen LogP contribution in [-0.2, 0) is 13.2 Å². The van der Waals surface area contributed by atoms with Crippen molar-refractivity contribution < 1.29 is 23.4 Å². The molecule has 1 atom stereocenters. The Morgan fingerprint density at radius 3 is 2.50 bits per heavy atom. The van der Waals surface area contributed by atoms with Crippen LogP contribution in [-0.4, -0.2) is 53.6 Å².